The van der Waals surface area contributed by atoms with Crippen molar-refractivity contribution in [1.82, 2.24) is 19.9 Å². The lowest BCUT2D eigenvalue weighted by atomic mass is 9.77. The molecule has 1 spiro atoms. The molecule has 8 nitrogen and oxygen atoms in total. The summed E-state index contributed by atoms with van der Waals surface area (Å²) in [6, 6.07) is 20.2. The van der Waals surface area contributed by atoms with E-state index in [9.17, 15) is 9.59 Å². The van der Waals surface area contributed by atoms with Gasteiger partial charge in [-0.05, 0) is 55.4 Å². The number of carbonyl (C=O) groups is 2. The van der Waals surface area contributed by atoms with Gasteiger partial charge in [0.05, 0.1) is 46.1 Å². The molecular formula is C36H38BrClN6O2. The highest BCUT2D eigenvalue weighted by Gasteiger charge is 2.49. The highest BCUT2D eigenvalue weighted by Crippen LogP contribution is 2.43. The summed E-state index contributed by atoms with van der Waals surface area (Å²) in [6.45, 7) is 1.92. The Labute approximate surface area is 283 Å². The Bertz CT molecular complexity index is 1680. The van der Waals surface area contributed by atoms with E-state index in [0.29, 0.717) is 61.2 Å². The number of unbranched alkanes of at least 4 members (excludes halogenated alkanes) is 3. The third kappa shape index (κ3) is 7.26. The number of hydrogen-bond acceptors (Lipinski definition) is 6. The second-order valence-corrected chi connectivity index (χ2v) is 13.3. The zero-order chi connectivity index (χ0) is 31.9. The topological polar surface area (TPSA) is 91.3 Å². The Hall–Kier alpha value is -3.82. The van der Waals surface area contributed by atoms with Crippen LogP contribution in [0.5, 0.6) is 0 Å². The molecule has 1 N–H and O–H groups in total. The maximum absolute atomic E-state index is 13.8. The van der Waals surface area contributed by atoms with E-state index in [1.54, 1.807) is 18.6 Å². The zero-order valence-corrected chi connectivity index (χ0v) is 28.1. The van der Waals surface area contributed by atoms with Gasteiger partial charge < -0.3 is 15.1 Å². The number of anilines is 3. The number of amides is 2. The lowest BCUT2D eigenvalue weighted by Gasteiger charge is -2.38. The van der Waals surface area contributed by atoms with Gasteiger partial charge in [-0.15, -0.1) is 0 Å². The normalized spacial score (nSPS) is 15.8. The van der Waals surface area contributed by atoms with E-state index >= 15 is 0 Å². The molecule has 10 heteroatoms. The first-order chi connectivity index (χ1) is 22.5. The van der Waals surface area contributed by atoms with Crippen LogP contribution >= 0.6 is 27.5 Å². The molecule has 2 aliphatic rings. The van der Waals surface area contributed by atoms with Crippen LogP contribution in [-0.4, -0.2) is 56.6 Å². The fourth-order valence-electron chi connectivity index (χ4n) is 6.48. The molecule has 4 aromatic rings. The lowest BCUT2D eigenvalue weighted by molar-refractivity contribution is -0.137. The van der Waals surface area contributed by atoms with E-state index in [0.717, 1.165) is 59.8 Å². The van der Waals surface area contributed by atoms with Crippen LogP contribution in [0.3, 0.4) is 0 Å². The minimum Gasteiger partial charge on any atom is -0.343 e. The van der Waals surface area contributed by atoms with Crippen LogP contribution < -0.4 is 10.2 Å². The summed E-state index contributed by atoms with van der Waals surface area (Å²) < 4.78 is 0. The number of likely N-dealkylation sites (tertiary alicyclic amines) is 1. The first-order valence-corrected chi connectivity index (χ1v) is 17.5. The van der Waals surface area contributed by atoms with E-state index in [4.69, 9.17) is 16.6 Å². The number of hydrogen-bond donors (Lipinski definition) is 1. The molecule has 2 aromatic heterocycles. The van der Waals surface area contributed by atoms with Gasteiger partial charge in [0, 0.05) is 36.9 Å². The average Bonchev–Trinajstić information content (AvgIpc) is 3.40. The maximum atomic E-state index is 13.8. The van der Waals surface area contributed by atoms with Crippen molar-refractivity contribution in [1.29, 1.82) is 0 Å². The first kappa shape index (κ1) is 32.1. The molecule has 2 aliphatic heterocycles. The second kappa shape index (κ2) is 14.7. The third-order valence-corrected chi connectivity index (χ3v) is 9.98. The Morgan fingerprint density at radius 2 is 1.61 bits per heavy atom. The number of benzene rings is 2. The summed E-state index contributed by atoms with van der Waals surface area (Å²) in [5.41, 5.74) is 4.68. The molecule has 2 amide bonds. The molecule has 0 aliphatic carbocycles. The molecule has 6 rings (SSSR count). The lowest BCUT2D eigenvalue weighted by Crippen LogP contribution is -2.46. The van der Waals surface area contributed by atoms with Crippen molar-refractivity contribution in [2.75, 3.05) is 35.2 Å². The zero-order valence-electron chi connectivity index (χ0n) is 25.8. The van der Waals surface area contributed by atoms with Gasteiger partial charge in [0.1, 0.15) is 0 Å². The fraction of sp³-hybridized carbons (Fsp3) is 0.361. The van der Waals surface area contributed by atoms with Gasteiger partial charge in [-0.1, -0.05) is 88.9 Å². The fourth-order valence-corrected chi connectivity index (χ4v) is 7.07. The molecule has 238 valence electrons. The predicted molar refractivity (Wildman–Crippen MR) is 188 cm³/mol. The second-order valence-electron chi connectivity index (χ2n) is 12.1. The average molecular weight is 702 g/mol. The molecule has 0 unspecified atom stereocenters. The van der Waals surface area contributed by atoms with Crippen molar-refractivity contribution in [3.8, 4) is 22.4 Å². The van der Waals surface area contributed by atoms with Crippen LogP contribution in [0.4, 0.5) is 17.3 Å². The van der Waals surface area contributed by atoms with Crippen LogP contribution in [0, 0.1) is 5.41 Å². The maximum Gasteiger partial charge on any atom is 0.233 e. The Balaban J connectivity index is 1.10. The van der Waals surface area contributed by atoms with E-state index < -0.39 is 5.41 Å². The molecule has 2 aromatic carbocycles. The molecule has 4 heterocycles. The van der Waals surface area contributed by atoms with E-state index in [1.807, 2.05) is 46.2 Å². The summed E-state index contributed by atoms with van der Waals surface area (Å²) in [5, 5.41) is 4.72. The number of carbonyl (C=O) groups excluding carboxylic acids is 2. The molecule has 2 saturated heterocycles. The van der Waals surface area contributed by atoms with Gasteiger partial charge in [-0.2, -0.15) is 0 Å². The van der Waals surface area contributed by atoms with Crippen molar-refractivity contribution < 1.29 is 9.59 Å². The molecule has 2 fully saturated rings. The monoisotopic (exact) mass is 700 g/mol. The summed E-state index contributed by atoms with van der Waals surface area (Å²) in [5.74, 6) is 0.722. The minimum absolute atomic E-state index is 0.122. The number of pyridine rings is 1. The van der Waals surface area contributed by atoms with Crippen molar-refractivity contribution in [3.05, 3.63) is 84.3 Å². The van der Waals surface area contributed by atoms with Crippen LogP contribution in [-0.2, 0) is 9.59 Å². The van der Waals surface area contributed by atoms with Crippen molar-refractivity contribution in [2.24, 2.45) is 5.41 Å². The Morgan fingerprint density at radius 1 is 0.870 bits per heavy atom. The highest BCUT2D eigenvalue weighted by atomic mass is 79.9. The third-order valence-electron chi connectivity index (χ3n) is 9.14. The van der Waals surface area contributed by atoms with Crippen molar-refractivity contribution >= 4 is 56.7 Å². The summed E-state index contributed by atoms with van der Waals surface area (Å²) in [6.07, 6.45) is 12.1. The standard InChI is InChI=1S/C36H38BrClN6O2/c37-17-7-2-1-6-13-32(45)43-18-14-36(15-19-43)16-20-44(34(36)46)30-22-29(23-39-24-30)41-35-40-25-31(38)33(42-35)28-12-8-11-27(21-28)26-9-4-3-5-10-26/h3-5,8-12,21-25H,1-2,6-7,13-20H2,(H,40,41,42). The van der Waals surface area contributed by atoms with Crippen LogP contribution in [0.15, 0.2) is 79.3 Å². The molecule has 46 heavy (non-hydrogen) atoms. The predicted octanol–water partition coefficient (Wildman–Crippen LogP) is 8.29. The molecule has 0 bridgehead atoms. The van der Waals surface area contributed by atoms with Crippen LogP contribution in [0.1, 0.15) is 51.4 Å². The summed E-state index contributed by atoms with van der Waals surface area (Å²) in [7, 11) is 0. The van der Waals surface area contributed by atoms with Crippen molar-refractivity contribution in [3.63, 3.8) is 0 Å². The quantitative estimate of drug-likeness (QED) is 0.125. The highest BCUT2D eigenvalue weighted by molar-refractivity contribution is 9.09. The van der Waals surface area contributed by atoms with Gasteiger partial charge >= 0.3 is 0 Å². The number of piperidine rings is 1. The largest absolute Gasteiger partial charge is 0.343 e. The SMILES string of the molecule is O=C(CCCCCCBr)N1CCC2(CC1)CCN(c1cncc(Nc3ncc(Cl)c(-c4cccc(-c5ccccc5)c4)n3)c1)C2=O. The number of rotatable bonds is 11. The van der Waals surface area contributed by atoms with Gasteiger partial charge in [0.15, 0.2) is 0 Å². The summed E-state index contributed by atoms with van der Waals surface area (Å²) >= 11 is 10.0. The van der Waals surface area contributed by atoms with E-state index in [1.165, 1.54) is 0 Å². The van der Waals surface area contributed by atoms with Gasteiger partial charge in [-0.25, -0.2) is 9.97 Å². The number of nitrogens with one attached hydrogen (secondary N) is 1. The first-order valence-electron chi connectivity index (χ1n) is 16.0. The molecular weight excluding hydrogens is 664 g/mol. The number of alkyl halides is 1. The van der Waals surface area contributed by atoms with Gasteiger partial charge in [0.2, 0.25) is 17.8 Å². The Morgan fingerprint density at radius 3 is 2.41 bits per heavy atom. The van der Waals surface area contributed by atoms with Gasteiger partial charge in [-0.3, -0.25) is 14.6 Å². The number of halogens is 2. The van der Waals surface area contributed by atoms with Crippen LogP contribution in [0.25, 0.3) is 22.4 Å². The minimum atomic E-state index is -0.418. The molecule has 0 radical (unpaired) electrons. The van der Waals surface area contributed by atoms with Crippen molar-refractivity contribution in [2.45, 2.75) is 51.4 Å². The molecule has 0 atom stereocenters. The molecule has 0 saturated carbocycles. The van der Waals surface area contributed by atoms with Gasteiger partial charge in [0.25, 0.3) is 0 Å². The van der Waals surface area contributed by atoms with E-state index in [-0.39, 0.29) is 11.8 Å². The van der Waals surface area contributed by atoms with E-state index in [2.05, 4.69) is 55.5 Å². The summed E-state index contributed by atoms with van der Waals surface area (Å²) in [4.78, 5) is 43.9. The number of nitrogens with zero attached hydrogens (tertiary/aromatic N) is 5. The van der Waals surface area contributed by atoms with Crippen LogP contribution in [0.2, 0.25) is 5.02 Å². The number of aromatic nitrogens is 3. The Kier molecular flexibility index (Phi) is 10.3. The smallest absolute Gasteiger partial charge is 0.233 e.